The number of rotatable bonds is 8. The van der Waals surface area contributed by atoms with Crippen molar-refractivity contribution in [2.75, 3.05) is 33.4 Å². The van der Waals surface area contributed by atoms with E-state index in [1.807, 2.05) is 30.3 Å². The Hall–Kier alpha value is -1.88. The average Bonchev–Trinajstić information content (AvgIpc) is 2.43. The molecule has 1 N–H and O–H groups in total. The van der Waals surface area contributed by atoms with Crippen molar-refractivity contribution in [3.63, 3.8) is 0 Å². The van der Waals surface area contributed by atoms with Crippen LogP contribution >= 0.6 is 0 Å². The molecule has 110 valence electrons. The second-order valence-electron chi connectivity index (χ2n) is 4.51. The largest absolute Gasteiger partial charge is 0.383 e. The molecule has 0 radical (unpaired) electrons. The number of carbonyl (C=O) groups excluding carboxylic acids is 2. The summed E-state index contributed by atoms with van der Waals surface area (Å²) in [5.41, 5.74) is 0.979. The van der Waals surface area contributed by atoms with Crippen molar-refractivity contribution in [2.45, 2.75) is 13.3 Å². The molecule has 0 heterocycles. The van der Waals surface area contributed by atoms with Gasteiger partial charge in [0.25, 0.3) is 0 Å². The van der Waals surface area contributed by atoms with Crippen molar-refractivity contribution < 1.29 is 14.3 Å². The molecule has 0 aliphatic rings. The zero-order valence-corrected chi connectivity index (χ0v) is 12.1. The summed E-state index contributed by atoms with van der Waals surface area (Å²) in [6.45, 7) is 3.51. The fourth-order valence-corrected chi connectivity index (χ4v) is 1.80. The lowest BCUT2D eigenvalue weighted by atomic mass is 10.1. The molecule has 1 aromatic carbocycles. The Kier molecular flexibility index (Phi) is 7.35. The molecule has 0 spiro atoms. The van der Waals surface area contributed by atoms with E-state index in [1.54, 1.807) is 12.0 Å². The maximum Gasteiger partial charge on any atom is 0.224 e. The van der Waals surface area contributed by atoms with Gasteiger partial charge in [0.2, 0.25) is 11.8 Å². The third-order valence-corrected chi connectivity index (χ3v) is 2.92. The first-order chi connectivity index (χ1) is 9.63. The number of methoxy groups -OCH3 is 1. The van der Waals surface area contributed by atoms with Crippen molar-refractivity contribution in [3.8, 4) is 0 Å². The van der Waals surface area contributed by atoms with Crippen LogP contribution in [-0.2, 0) is 20.7 Å². The number of hydrogen-bond donors (Lipinski definition) is 1. The Morgan fingerprint density at radius 1 is 1.20 bits per heavy atom. The number of ether oxygens (including phenoxy) is 1. The van der Waals surface area contributed by atoms with Crippen LogP contribution in [0.3, 0.4) is 0 Å². The van der Waals surface area contributed by atoms with Gasteiger partial charge >= 0.3 is 0 Å². The molecule has 2 amide bonds. The first kappa shape index (κ1) is 16.2. The minimum Gasteiger partial charge on any atom is -0.383 e. The molecule has 0 atom stereocenters. The first-order valence-corrected chi connectivity index (χ1v) is 6.68. The van der Waals surface area contributed by atoms with E-state index in [4.69, 9.17) is 4.74 Å². The summed E-state index contributed by atoms with van der Waals surface area (Å²) in [4.78, 5) is 24.8. The van der Waals surface area contributed by atoms with Crippen molar-refractivity contribution in [1.82, 2.24) is 10.2 Å². The summed E-state index contributed by atoms with van der Waals surface area (Å²) < 4.78 is 4.95. The van der Waals surface area contributed by atoms with Gasteiger partial charge in [-0.25, -0.2) is 0 Å². The van der Waals surface area contributed by atoms with Crippen molar-refractivity contribution >= 4 is 11.8 Å². The molecule has 0 fully saturated rings. The maximum absolute atomic E-state index is 11.7. The van der Waals surface area contributed by atoms with Gasteiger partial charge in [-0.1, -0.05) is 30.3 Å². The normalized spacial score (nSPS) is 10.1. The highest BCUT2D eigenvalue weighted by atomic mass is 16.5. The van der Waals surface area contributed by atoms with Gasteiger partial charge in [0.1, 0.15) is 0 Å². The van der Waals surface area contributed by atoms with Crippen LogP contribution in [0.15, 0.2) is 30.3 Å². The quantitative estimate of drug-likeness (QED) is 0.766. The molecule has 0 bridgehead atoms. The van der Waals surface area contributed by atoms with Crippen LogP contribution in [0.25, 0.3) is 0 Å². The summed E-state index contributed by atoms with van der Waals surface area (Å²) in [5, 5.41) is 2.82. The number of nitrogens with zero attached hydrogens (tertiary/aromatic N) is 1. The lowest BCUT2D eigenvalue weighted by Gasteiger charge is -2.20. The SMILES string of the molecule is COCCN(CCNC(=O)Cc1ccccc1)C(C)=O. The highest BCUT2D eigenvalue weighted by molar-refractivity contribution is 5.78. The van der Waals surface area contributed by atoms with Crippen molar-refractivity contribution in [1.29, 1.82) is 0 Å². The van der Waals surface area contributed by atoms with Gasteiger partial charge in [0.05, 0.1) is 13.0 Å². The van der Waals surface area contributed by atoms with E-state index in [0.29, 0.717) is 32.7 Å². The van der Waals surface area contributed by atoms with E-state index in [-0.39, 0.29) is 11.8 Å². The summed E-state index contributed by atoms with van der Waals surface area (Å²) in [5.74, 6) is -0.0502. The zero-order valence-electron chi connectivity index (χ0n) is 12.1. The second-order valence-corrected chi connectivity index (χ2v) is 4.51. The molecular weight excluding hydrogens is 256 g/mol. The molecule has 0 saturated heterocycles. The Labute approximate surface area is 119 Å². The van der Waals surface area contributed by atoms with E-state index in [9.17, 15) is 9.59 Å². The summed E-state index contributed by atoms with van der Waals surface area (Å²) in [7, 11) is 1.60. The number of amides is 2. The lowest BCUT2D eigenvalue weighted by Crippen LogP contribution is -2.39. The Morgan fingerprint density at radius 3 is 2.50 bits per heavy atom. The number of carbonyl (C=O) groups is 2. The Bertz CT molecular complexity index is 420. The molecule has 0 saturated carbocycles. The second kappa shape index (κ2) is 9.09. The maximum atomic E-state index is 11.7. The third-order valence-electron chi connectivity index (χ3n) is 2.92. The van der Waals surface area contributed by atoms with Crippen molar-refractivity contribution in [2.24, 2.45) is 0 Å². The minimum atomic E-state index is -0.0357. The highest BCUT2D eigenvalue weighted by Gasteiger charge is 2.08. The van der Waals surface area contributed by atoms with Crippen LogP contribution in [-0.4, -0.2) is 50.1 Å². The van der Waals surface area contributed by atoms with E-state index >= 15 is 0 Å². The van der Waals surface area contributed by atoms with Gasteiger partial charge < -0.3 is 15.0 Å². The van der Waals surface area contributed by atoms with Crippen LogP contribution < -0.4 is 5.32 Å². The standard InChI is InChI=1S/C15H22N2O3/c1-13(18)17(10-11-20-2)9-8-16-15(19)12-14-6-4-3-5-7-14/h3-7H,8-12H2,1-2H3,(H,16,19). The summed E-state index contributed by atoms with van der Waals surface area (Å²) >= 11 is 0. The van der Waals surface area contributed by atoms with Gasteiger partial charge in [0, 0.05) is 33.7 Å². The predicted molar refractivity (Wildman–Crippen MR) is 77.3 cm³/mol. The zero-order chi connectivity index (χ0) is 14.8. The third kappa shape index (κ3) is 6.33. The summed E-state index contributed by atoms with van der Waals surface area (Å²) in [6.07, 6.45) is 0.360. The van der Waals surface area contributed by atoms with E-state index in [1.165, 1.54) is 6.92 Å². The summed E-state index contributed by atoms with van der Waals surface area (Å²) in [6, 6.07) is 9.57. The highest BCUT2D eigenvalue weighted by Crippen LogP contribution is 1.99. The predicted octanol–water partition coefficient (Wildman–Crippen LogP) is 0.840. The van der Waals surface area contributed by atoms with Crippen LogP contribution in [0.5, 0.6) is 0 Å². The molecule has 5 heteroatoms. The Morgan fingerprint density at radius 2 is 1.90 bits per heavy atom. The van der Waals surface area contributed by atoms with Crippen LogP contribution in [0.1, 0.15) is 12.5 Å². The Balaban J connectivity index is 2.28. The molecule has 0 unspecified atom stereocenters. The first-order valence-electron chi connectivity index (χ1n) is 6.68. The van der Waals surface area contributed by atoms with E-state index < -0.39 is 0 Å². The molecule has 0 aromatic heterocycles. The fraction of sp³-hybridized carbons (Fsp3) is 0.467. The molecule has 0 aliphatic heterocycles. The van der Waals surface area contributed by atoms with Gasteiger partial charge in [-0.15, -0.1) is 0 Å². The molecule has 1 rings (SSSR count). The van der Waals surface area contributed by atoms with E-state index in [0.717, 1.165) is 5.56 Å². The van der Waals surface area contributed by atoms with Crippen LogP contribution in [0, 0.1) is 0 Å². The van der Waals surface area contributed by atoms with E-state index in [2.05, 4.69) is 5.32 Å². The topological polar surface area (TPSA) is 58.6 Å². The molecular formula is C15H22N2O3. The van der Waals surface area contributed by atoms with Gasteiger partial charge in [-0.05, 0) is 5.56 Å². The lowest BCUT2D eigenvalue weighted by molar-refractivity contribution is -0.130. The van der Waals surface area contributed by atoms with Gasteiger partial charge in [-0.3, -0.25) is 9.59 Å². The van der Waals surface area contributed by atoms with Crippen molar-refractivity contribution in [3.05, 3.63) is 35.9 Å². The number of benzene rings is 1. The van der Waals surface area contributed by atoms with Gasteiger partial charge in [-0.2, -0.15) is 0 Å². The molecule has 1 aromatic rings. The van der Waals surface area contributed by atoms with Crippen LogP contribution in [0.4, 0.5) is 0 Å². The van der Waals surface area contributed by atoms with Gasteiger partial charge in [0.15, 0.2) is 0 Å². The molecule has 5 nitrogen and oxygen atoms in total. The monoisotopic (exact) mass is 278 g/mol. The fourth-order valence-electron chi connectivity index (χ4n) is 1.80. The smallest absolute Gasteiger partial charge is 0.224 e. The average molecular weight is 278 g/mol. The number of hydrogen-bond acceptors (Lipinski definition) is 3. The number of nitrogens with one attached hydrogen (secondary N) is 1. The van der Waals surface area contributed by atoms with Crippen LogP contribution in [0.2, 0.25) is 0 Å². The minimum absolute atomic E-state index is 0.0145. The molecule has 20 heavy (non-hydrogen) atoms. The molecule has 0 aliphatic carbocycles.